The van der Waals surface area contributed by atoms with Crippen LogP contribution < -0.4 is 5.19 Å². The summed E-state index contributed by atoms with van der Waals surface area (Å²) in [4.78, 5) is 14.2. The molecule has 154 valence electrons. The standard InChI is InChI=1S/C28H27OSSi/c1-31(2,29)28-21-17-24(18-22-28)14-13-23-15-19-27(20-16-23)30(25-9-5-3-6-10-25)26-11-7-4-8-12-26/h3-22,29H,1-2H3/q+1/b14-13+. The lowest BCUT2D eigenvalue weighted by Gasteiger charge is -2.14. The molecule has 3 heteroatoms. The third kappa shape index (κ3) is 5.45. The Morgan fingerprint density at radius 3 is 1.35 bits per heavy atom. The van der Waals surface area contributed by atoms with E-state index in [4.69, 9.17) is 0 Å². The van der Waals surface area contributed by atoms with Gasteiger partial charge in [-0.3, -0.25) is 0 Å². The summed E-state index contributed by atoms with van der Waals surface area (Å²) in [6.45, 7) is 3.89. The monoisotopic (exact) mass is 439 g/mol. The van der Waals surface area contributed by atoms with E-state index in [2.05, 4.69) is 109 Å². The van der Waals surface area contributed by atoms with Crippen LogP contribution in [0.5, 0.6) is 0 Å². The fourth-order valence-electron chi connectivity index (χ4n) is 3.43. The van der Waals surface area contributed by atoms with E-state index < -0.39 is 8.32 Å². The molecule has 0 fully saturated rings. The molecule has 4 rings (SSSR count). The van der Waals surface area contributed by atoms with E-state index in [0.29, 0.717) is 0 Å². The summed E-state index contributed by atoms with van der Waals surface area (Å²) in [6.07, 6.45) is 4.27. The zero-order valence-corrected chi connectivity index (χ0v) is 19.7. The smallest absolute Gasteiger partial charge is 0.213 e. The second-order valence-electron chi connectivity index (χ2n) is 8.02. The number of hydrogen-bond acceptors (Lipinski definition) is 1. The molecule has 1 N–H and O–H groups in total. The third-order valence-electron chi connectivity index (χ3n) is 5.16. The summed E-state index contributed by atoms with van der Waals surface area (Å²) in [5.41, 5.74) is 2.31. The Labute approximate surface area is 189 Å². The van der Waals surface area contributed by atoms with Crippen LogP contribution in [0.3, 0.4) is 0 Å². The Morgan fingerprint density at radius 1 is 0.548 bits per heavy atom. The van der Waals surface area contributed by atoms with Gasteiger partial charge in [-0.15, -0.1) is 0 Å². The molecule has 31 heavy (non-hydrogen) atoms. The van der Waals surface area contributed by atoms with Gasteiger partial charge in [-0.05, 0) is 77.9 Å². The zero-order valence-electron chi connectivity index (χ0n) is 17.9. The van der Waals surface area contributed by atoms with Crippen molar-refractivity contribution in [1.29, 1.82) is 0 Å². The summed E-state index contributed by atoms with van der Waals surface area (Å²) < 4.78 is 0. The van der Waals surface area contributed by atoms with Crippen molar-refractivity contribution >= 4 is 36.6 Å². The van der Waals surface area contributed by atoms with Crippen LogP contribution in [0.15, 0.2) is 124 Å². The molecule has 0 aliphatic heterocycles. The first-order valence-electron chi connectivity index (χ1n) is 10.5. The first kappa shape index (κ1) is 21.4. The van der Waals surface area contributed by atoms with Crippen molar-refractivity contribution in [3.63, 3.8) is 0 Å². The van der Waals surface area contributed by atoms with Gasteiger partial charge in [0.15, 0.2) is 14.7 Å². The van der Waals surface area contributed by atoms with E-state index in [-0.39, 0.29) is 10.9 Å². The maximum absolute atomic E-state index is 10.2. The average Bonchev–Trinajstić information content (AvgIpc) is 2.80. The molecule has 0 radical (unpaired) electrons. The summed E-state index contributed by atoms with van der Waals surface area (Å²) >= 11 is 0. The highest BCUT2D eigenvalue weighted by atomic mass is 32.2. The van der Waals surface area contributed by atoms with E-state index in [0.717, 1.165) is 10.8 Å². The van der Waals surface area contributed by atoms with Gasteiger partial charge in [0.2, 0.25) is 8.32 Å². The second kappa shape index (κ2) is 9.52. The minimum Gasteiger partial charge on any atom is -0.428 e. The van der Waals surface area contributed by atoms with E-state index >= 15 is 0 Å². The predicted octanol–water partition coefficient (Wildman–Crippen LogP) is 6.36. The average molecular weight is 440 g/mol. The van der Waals surface area contributed by atoms with Crippen LogP contribution in [0.1, 0.15) is 11.1 Å². The molecule has 0 unspecified atom stereocenters. The van der Waals surface area contributed by atoms with Gasteiger partial charge >= 0.3 is 0 Å². The summed E-state index contributed by atoms with van der Waals surface area (Å²) in [5.74, 6) is 0. The zero-order chi connectivity index (χ0) is 21.7. The Hall–Kier alpha value is -2.85. The molecule has 0 heterocycles. The summed E-state index contributed by atoms with van der Waals surface area (Å²) in [7, 11) is -2.36. The van der Waals surface area contributed by atoms with Crippen molar-refractivity contribution in [3.8, 4) is 0 Å². The normalized spacial score (nSPS) is 11.9. The fraction of sp³-hybridized carbons (Fsp3) is 0.0714. The highest BCUT2D eigenvalue weighted by molar-refractivity contribution is 7.97. The van der Waals surface area contributed by atoms with E-state index in [1.165, 1.54) is 20.2 Å². The molecule has 0 aliphatic rings. The number of hydrogen-bond donors (Lipinski definition) is 1. The maximum Gasteiger partial charge on any atom is 0.213 e. The van der Waals surface area contributed by atoms with Crippen molar-refractivity contribution in [2.75, 3.05) is 0 Å². The first-order valence-corrected chi connectivity index (χ1v) is 14.6. The minimum atomic E-state index is -2.24. The molecule has 0 aliphatic carbocycles. The number of rotatable bonds is 6. The number of benzene rings is 4. The van der Waals surface area contributed by atoms with Crippen molar-refractivity contribution in [3.05, 3.63) is 120 Å². The van der Waals surface area contributed by atoms with E-state index in [1.807, 2.05) is 25.2 Å². The van der Waals surface area contributed by atoms with Crippen LogP contribution in [-0.4, -0.2) is 13.1 Å². The molecule has 0 aromatic heterocycles. The van der Waals surface area contributed by atoms with Crippen molar-refractivity contribution in [1.82, 2.24) is 0 Å². The molecular formula is C28H27OSSi+. The second-order valence-corrected chi connectivity index (χ2v) is 13.7. The summed E-state index contributed by atoms with van der Waals surface area (Å²) in [6, 6.07) is 38.5. The van der Waals surface area contributed by atoms with Crippen LogP contribution >= 0.6 is 0 Å². The molecule has 0 bridgehead atoms. The lowest BCUT2D eigenvalue weighted by Crippen LogP contribution is -2.41. The van der Waals surface area contributed by atoms with Gasteiger partial charge in [0.05, 0.1) is 10.9 Å². The largest absolute Gasteiger partial charge is 0.428 e. The predicted molar refractivity (Wildman–Crippen MR) is 136 cm³/mol. The van der Waals surface area contributed by atoms with Crippen LogP contribution in [-0.2, 0) is 10.9 Å². The SMILES string of the molecule is C[Si](C)(O)c1ccc(/C=C/c2ccc([S+](c3ccccc3)c3ccccc3)cc2)cc1. The van der Waals surface area contributed by atoms with Crippen LogP contribution in [0.4, 0.5) is 0 Å². The van der Waals surface area contributed by atoms with E-state index in [1.54, 1.807) is 0 Å². The highest BCUT2D eigenvalue weighted by Gasteiger charge is 2.27. The Morgan fingerprint density at radius 2 is 0.935 bits per heavy atom. The quantitative estimate of drug-likeness (QED) is 0.211. The Kier molecular flexibility index (Phi) is 6.57. The molecule has 4 aromatic rings. The van der Waals surface area contributed by atoms with Gasteiger partial charge in [-0.1, -0.05) is 72.8 Å². The van der Waals surface area contributed by atoms with Crippen molar-refractivity contribution in [2.24, 2.45) is 0 Å². The maximum atomic E-state index is 10.2. The third-order valence-corrected chi connectivity index (χ3v) is 9.14. The molecule has 0 saturated heterocycles. The van der Waals surface area contributed by atoms with Gasteiger partial charge < -0.3 is 4.80 Å². The topological polar surface area (TPSA) is 20.2 Å². The molecule has 0 atom stereocenters. The molecule has 1 nitrogen and oxygen atoms in total. The van der Waals surface area contributed by atoms with Gasteiger partial charge in [-0.25, -0.2) is 0 Å². The fourth-order valence-corrected chi connectivity index (χ4v) is 6.50. The van der Waals surface area contributed by atoms with Crippen LogP contribution in [0, 0.1) is 0 Å². The molecule has 4 aromatic carbocycles. The molecule has 0 saturated carbocycles. The Balaban J connectivity index is 1.57. The minimum absolute atomic E-state index is 0.118. The molecule has 0 spiro atoms. The van der Waals surface area contributed by atoms with Crippen molar-refractivity contribution < 1.29 is 4.80 Å². The van der Waals surface area contributed by atoms with Crippen molar-refractivity contribution in [2.45, 2.75) is 27.8 Å². The van der Waals surface area contributed by atoms with Gasteiger partial charge in [0.25, 0.3) is 0 Å². The van der Waals surface area contributed by atoms with Gasteiger partial charge in [0.1, 0.15) is 0 Å². The lowest BCUT2D eigenvalue weighted by atomic mass is 10.1. The van der Waals surface area contributed by atoms with Gasteiger partial charge in [-0.2, -0.15) is 0 Å². The lowest BCUT2D eigenvalue weighted by molar-refractivity contribution is 0.568. The van der Waals surface area contributed by atoms with Crippen LogP contribution in [0.25, 0.3) is 12.2 Å². The molecular weight excluding hydrogens is 412 g/mol. The Bertz CT molecular complexity index is 1090. The first-order chi connectivity index (χ1) is 15.0. The van der Waals surface area contributed by atoms with E-state index in [9.17, 15) is 4.80 Å². The highest BCUT2D eigenvalue weighted by Crippen LogP contribution is 2.31. The van der Waals surface area contributed by atoms with Gasteiger partial charge in [0, 0.05) is 0 Å². The van der Waals surface area contributed by atoms with Crippen LogP contribution in [0.2, 0.25) is 13.1 Å². The summed E-state index contributed by atoms with van der Waals surface area (Å²) in [5, 5.41) is 1.06. The molecule has 0 amide bonds.